The van der Waals surface area contributed by atoms with Gasteiger partial charge in [0.05, 0.1) is 24.3 Å². The summed E-state index contributed by atoms with van der Waals surface area (Å²) in [5, 5.41) is 0. The highest BCUT2D eigenvalue weighted by molar-refractivity contribution is 6.87. The second-order valence-electron chi connectivity index (χ2n) is 13.1. The Morgan fingerprint density at radius 2 is 1.19 bits per heavy atom. The van der Waals surface area contributed by atoms with Crippen molar-refractivity contribution in [1.29, 1.82) is 0 Å². The fraction of sp³-hybridized carbons (Fsp3) is 0.562. The van der Waals surface area contributed by atoms with Crippen LogP contribution in [0, 0.1) is 5.92 Å². The van der Waals surface area contributed by atoms with Gasteiger partial charge in [0.25, 0.3) is 0 Å². The average molecular weight is 633 g/mol. The van der Waals surface area contributed by atoms with Crippen LogP contribution in [-0.4, -0.2) is 50.3 Å². The average Bonchev–Trinajstić information content (AvgIpc) is 2.89. The molecule has 0 aromatic heterocycles. The highest BCUT2D eigenvalue weighted by Gasteiger charge is 2.39. The van der Waals surface area contributed by atoms with Gasteiger partial charge in [-0.15, -0.1) is 0 Å². The summed E-state index contributed by atoms with van der Waals surface area (Å²) in [4.78, 5) is 24.7. The molecule has 2 rings (SSSR count). The number of benzene rings is 2. The molecule has 0 unspecified atom stereocenters. The Labute approximate surface area is 256 Å². The molecule has 0 spiro atoms. The van der Waals surface area contributed by atoms with Crippen LogP contribution < -0.4 is 9.47 Å². The van der Waals surface area contributed by atoms with E-state index in [1.54, 1.807) is 48.5 Å². The molecule has 0 radical (unpaired) electrons. The van der Waals surface area contributed by atoms with Gasteiger partial charge in [-0.3, -0.25) is 0 Å². The predicted molar refractivity (Wildman–Crippen MR) is 177 cm³/mol. The molecule has 0 aliphatic heterocycles. The van der Waals surface area contributed by atoms with Gasteiger partial charge in [-0.1, -0.05) is 39.5 Å². The van der Waals surface area contributed by atoms with E-state index in [4.69, 9.17) is 22.4 Å². The Morgan fingerprint density at radius 1 is 0.690 bits per heavy atom. The third kappa shape index (κ3) is 14.3. The van der Waals surface area contributed by atoms with Crippen molar-refractivity contribution >= 4 is 37.1 Å². The quantitative estimate of drug-likeness (QED) is 0.0703. The first-order valence-corrected chi connectivity index (χ1v) is 24.6. The highest BCUT2D eigenvalue weighted by atomic mass is 28.5. The van der Waals surface area contributed by atoms with E-state index in [1.807, 2.05) is 6.92 Å². The van der Waals surface area contributed by atoms with Crippen LogP contribution in [0.25, 0.3) is 0 Å². The first kappa shape index (κ1) is 35.9. The van der Waals surface area contributed by atoms with Crippen LogP contribution in [0.1, 0.15) is 66.7 Å². The Balaban J connectivity index is 1.72. The first-order valence-electron chi connectivity index (χ1n) is 15.2. The molecule has 2 aromatic rings. The summed E-state index contributed by atoms with van der Waals surface area (Å²) in [6.45, 7) is 20.8. The summed E-state index contributed by atoms with van der Waals surface area (Å²) in [5.41, 5.74) is 0.764. The lowest BCUT2D eigenvalue weighted by Crippen LogP contribution is -2.52. The number of carbonyl (C=O) groups is 2. The smallest absolute Gasteiger partial charge is 0.343 e. The Kier molecular flexibility index (Phi) is 14.2. The number of carbonyl (C=O) groups excluding carboxylic acids is 2. The number of unbranched alkanes of at least 4 members (excludes halogenated alkanes) is 3. The normalized spacial score (nSPS) is 13.0. The van der Waals surface area contributed by atoms with Crippen molar-refractivity contribution in [2.45, 2.75) is 97.8 Å². The number of hydrogen-bond donors (Lipinski definition) is 0. The first-order chi connectivity index (χ1) is 19.6. The lowest BCUT2D eigenvalue weighted by atomic mass is 10.1. The summed E-state index contributed by atoms with van der Waals surface area (Å²) < 4.78 is 29.9. The van der Waals surface area contributed by atoms with Gasteiger partial charge in [-0.2, -0.15) is 0 Å². The molecule has 10 heteroatoms. The molecule has 0 aliphatic rings. The number of esters is 2. The molecular weight excluding hydrogens is 581 g/mol. The van der Waals surface area contributed by atoms with E-state index in [0.29, 0.717) is 36.0 Å². The van der Waals surface area contributed by atoms with Crippen LogP contribution in [0.4, 0.5) is 0 Å². The maximum Gasteiger partial charge on any atom is 0.343 e. The lowest BCUT2D eigenvalue weighted by molar-refractivity contribution is 0.0446. The minimum absolute atomic E-state index is 0.309. The second kappa shape index (κ2) is 16.6. The van der Waals surface area contributed by atoms with E-state index in [0.717, 1.165) is 43.9 Å². The van der Waals surface area contributed by atoms with Crippen molar-refractivity contribution < 1.29 is 32.0 Å². The van der Waals surface area contributed by atoms with E-state index >= 15 is 0 Å². The number of hydrogen-bond acceptors (Lipinski definition) is 7. The molecule has 234 valence electrons. The van der Waals surface area contributed by atoms with Crippen molar-refractivity contribution in [2.75, 3.05) is 13.2 Å². The molecule has 0 saturated heterocycles. The molecule has 0 heterocycles. The molecule has 0 saturated carbocycles. The second-order valence-corrected chi connectivity index (χ2v) is 26.0. The molecule has 0 aliphatic carbocycles. The van der Waals surface area contributed by atoms with Crippen LogP contribution in [-0.2, 0) is 13.0 Å². The zero-order valence-corrected chi connectivity index (χ0v) is 30.2. The van der Waals surface area contributed by atoms with Gasteiger partial charge in [0, 0.05) is 0 Å². The van der Waals surface area contributed by atoms with Gasteiger partial charge in [0.1, 0.15) is 11.5 Å². The van der Waals surface area contributed by atoms with Gasteiger partial charge in [-0.05, 0) is 113 Å². The van der Waals surface area contributed by atoms with E-state index in [-0.39, 0.29) is 0 Å². The molecule has 0 amide bonds. The molecule has 2 aromatic carbocycles. The Hall–Kier alpha value is -2.25. The van der Waals surface area contributed by atoms with Crippen LogP contribution in [0.2, 0.25) is 51.9 Å². The maximum absolute atomic E-state index is 12.6. The van der Waals surface area contributed by atoms with Crippen LogP contribution in [0.5, 0.6) is 11.5 Å². The van der Waals surface area contributed by atoms with E-state index < -0.39 is 37.1 Å². The SMILES string of the molecule is CC[C@@H](C)COC(=O)c1ccc(C(=O)Oc2ccc(OCCCCCC[Si](C)(O[Si](C)(C)C)O[Si](C)(C)C)cc2)cc1. The van der Waals surface area contributed by atoms with E-state index in [2.05, 4.69) is 52.8 Å². The minimum Gasteiger partial charge on any atom is -0.494 e. The Morgan fingerprint density at radius 3 is 1.71 bits per heavy atom. The number of rotatable bonds is 18. The van der Waals surface area contributed by atoms with Crippen molar-refractivity contribution in [1.82, 2.24) is 0 Å². The summed E-state index contributed by atoms with van der Waals surface area (Å²) in [5.74, 6) is 0.589. The molecular formula is C32H52O7Si3. The van der Waals surface area contributed by atoms with Crippen LogP contribution >= 0.6 is 0 Å². The predicted octanol–water partition coefficient (Wildman–Crippen LogP) is 8.82. The van der Waals surface area contributed by atoms with Crippen molar-refractivity contribution in [3.8, 4) is 11.5 Å². The molecule has 42 heavy (non-hydrogen) atoms. The lowest BCUT2D eigenvalue weighted by Gasteiger charge is -2.38. The van der Waals surface area contributed by atoms with Gasteiger partial charge >= 0.3 is 20.5 Å². The summed E-state index contributed by atoms with van der Waals surface area (Å²) in [6, 6.07) is 14.4. The largest absolute Gasteiger partial charge is 0.494 e. The molecule has 1 atom stereocenters. The van der Waals surface area contributed by atoms with E-state index in [1.165, 1.54) is 0 Å². The minimum atomic E-state index is -2.16. The number of ether oxygens (including phenoxy) is 3. The zero-order chi connectivity index (χ0) is 31.4. The summed E-state index contributed by atoms with van der Waals surface area (Å²) in [6.07, 6.45) is 5.25. The van der Waals surface area contributed by atoms with Gasteiger partial charge in [-0.25, -0.2) is 9.59 Å². The zero-order valence-electron chi connectivity index (χ0n) is 27.2. The monoisotopic (exact) mass is 632 g/mol. The maximum atomic E-state index is 12.6. The molecule has 0 bridgehead atoms. The van der Waals surface area contributed by atoms with Crippen molar-refractivity contribution in [3.63, 3.8) is 0 Å². The third-order valence-corrected chi connectivity index (χ3v) is 16.0. The molecule has 0 fully saturated rings. The van der Waals surface area contributed by atoms with Crippen LogP contribution in [0.3, 0.4) is 0 Å². The summed E-state index contributed by atoms with van der Waals surface area (Å²) >= 11 is 0. The fourth-order valence-corrected chi connectivity index (χ4v) is 17.1. The van der Waals surface area contributed by atoms with Crippen molar-refractivity contribution in [2.24, 2.45) is 5.92 Å². The van der Waals surface area contributed by atoms with E-state index in [9.17, 15) is 9.59 Å². The highest BCUT2D eigenvalue weighted by Crippen LogP contribution is 2.27. The molecule has 0 N–H and O–H groups in total. The van der Waals surface area contributed by atoms with Gasteiger partial charge in [0.15, 0.2) is 16.6 Å². The van der Waals surface area contributed by atoms with Crippen LogP contribution in [0.15, 0.2) is 48.5 Å². The van der Waals surface area contributed by atoms with Crippen molar-refractivity contribution in [3.05, 3.63) is 59.7 Å². The fourth-order valence-electron chi connectivity index (χ4n) is 4.44. The van der Waals surface area contributed by atoms with Gasteiger partial charge in [0.2, 0.25) is 0 Å². The van der Waals surface area contributed by atoms with Gasteiger partial charge < -0.3 is 22.4 Å². The topological polar surface area (TPSA) is 80.3 Å². The molecule has 7 nitrogen and oxygen atoms in total. The third-order valence-electron chi connectivity index (χ3n) is 6.42. The Bertz CT molecular complexity index is 1090. The summed E-state index contributed by atoms with van der Waals surface area (Å²) in [7, 11) is -5.47. The standard InChI is InChI=1S/C32H52O7Si3/c1-10-26(2)25-36-31(33)27-15-17-28(18-16-27)32(34)37-30-21-19-29(20-22-30)35-23-13-11-12-14-24-42(9,38-40(3,4)5)39-41(6,7)8/h15-22,26H,10-14,23-25H2,1-9H3/t26-/m1/s1.